The van der Waals surface area contributed by atoms with Crippen LogP contribution in [0.15, 0.2) is 42.6 Å². The van der Waals surface area contributed by atoms with Gasteiger partial charge in [-0.3, -0.25) is 4.79 Å². The molecule has 0 amide bonds. The summed E-state index contributed by atoms with van der Waals surface area (Å²) in [6, 6.07) is 11.4. The summed E-state index contributed by atoms with van der Waals surface area (Å²) in [5.41, 5.74) is 2.28. The van der Waals surface area contributed by atoms with Gasteiger partial charge in [-0.05, 0) is 25.1 Å². The zero-order valence-electron chi connectivity index (χ0n) is 9.87. The molecule has 0 N–H and O–H groups in total. The zero-order valence-corrected chi connectivity index (χ0v) is 9.87. The second-order valence-electron chi connectivity index (χ2n) is 4.11. The van der Waals surface area contributed by atoms with Crippen LogP contribution in [-0.4, -0.2) is 21.1 Å². The summed E-state index contributed by atoms with van der Waals surface area (Å²) < 4.78 is 1.63. The van der Waals surface area contributed by atoms with E-state index in [0.717, 1.165) is 22.9 Å². The van der Waals surface area contributed by atoms with Crippen molar-refractivity contribution in [2.45, 2.75) is 6.92 Å². The second-order valence-corrected chi connectivity index (χ2v) is 4.11. The number of aryl methyl sites for hydroxylation is 1. The number of rotatable bonds is 2. The fourth-order valence-electron chi connectivity index (χ4n) is 1.93. The predicted molar refractivity (Wildman–Crippen MR) is 69.0 cm³/mol. The maximum atomic E-state index is 11.2. The van der Waals surface area contributed by atoms with Crippen molar-refractivity contribution in [3.8, 4) is 5.82 Å². The molecule has 0 saturated carbocycles. The number of hydrogen-bond donors (Lipinski definition) is 0. The van der Waals surface area contributed by atoms with Gasteiger partial charge in [-0.2, -0.15) is 5.10 Å². The molecular weight excluding hydrogens is 226 g/mol. The third-order valence-corrected chi connectivity index (χ3v) is 2.80. The van der Waals surface area contributed by atoms with Crippen LogP contribution in [0.2, 0.25) is 0 Å². The molecule has 0 spiro atoms. The van der Waals surface area contributed by atoms with E-state index in [-0.39, 0.29) is 0 Å². The van der Waals surface area contributed by atoms with Crippen LogP contribution in [0.3, 0.4) is 0 Å². The molecule has 3 rings (SSSR count). The molecule has 18 heavy (non-hydrogen) atoms. The third-order valence-electron chi connectivity index (χ3n) is 2.80. The summed E-state index contributed by atoms with van der Waals surface area (Å²) in [5, 5.41) is 5.24. The smallest absolute Gasteiger partial charge is 0.164 e. The Bertz CT molecular complexity index is 731. The average molecular weight is 237 g/mol. The SMILES string of the molecule is Cc1ccn(-c2nc3ccccc3cc2C=O)n1. The molecule has 0 aliphatic heterocycles. The van der Waals surface area contributed by atoms with Gasteiger partial charge < -0.3 is 0 Å². The molecule has 1 aromatic carbocycles. The van der Waals surface area contributed by atoms with Crippen LogP contribution in [0.5, 0.6) is 0 Å². The summed E-state index contributed by atoms with van der Waals surface area (Å²) in [4.78, 5) is 15.7. The summed E-state index contributed by atoms with van der Waals surface area (Å²) in [5.74, 6) is 0.566. The molecule has 0 atom stereocenters. The van der Waals surface area contributed by atoms with Crippen LogP contribution < -0.4 is 0 Å². The molecule has 0 radical (unpaired) electrons. The first kappa shape index (κ1) is 10.7. The lowest BCUT2D eigenvalue weighted by Crippen LogP contribution is -2.03. The van der Waals surface area contributed by atoms with Crippen molar-refractivity contribution >= 4 is 17.2 Å². The number of hydrogen-bond acceptors (Lipinski definition) is 3. The highest BCUT2D eigenvalue weighted by molar-refractivity contribution is 5.89. The Morgan fingerprint density at radius 3 is 2.78 bits per heavy atom. The van der Waals surface area contributed by atoms with Crippen LogP contribution >= 0.6 is 0 Å². The minimum absolute atomic E-state index is 0.539. The number of carbonyl (C=O) groups excluding carboxylic acids is 1. The Morgan fingerprint density at radius 1 is 1.22 bits per heavy atom. The first-order valence-corrected chi connectivity index (χ1v) is 5.65. The van der Waals surface area contributed by atoms with E-state index < -0.39 is 0 Å². The quantitative estimate of drug-likeness (QED) is 0.643. The first-order chi connectivity index (χ1) is 8.78. The van der Waals surface area contributed by atoms with Crippen molar-refractivity contribution in [3.05, 3.63) is 53.9 Å². The summed E-state index contributed by atoms with van der Waals surface area (Å²) in [6.45, 7) is 1.90. The van der Waals surface area contributed by atoms with Gasteiger partial charge in [-0.25, -0.2) is 9.67 Å². The van der Waals surface area contributed by atoms with Gasteiger partial charge in [0.15, 0.2) is 12.1 Å². The van der Waals surface area contributed by atoms with Crippen LogP contribution in [0.1, 0.15) is 16.1 Å². The number of fused-ring (bicyclic) bond motifs is 1. The molecule has 0 aliphatic rings. The monoisotopic (exact) mass is 237 g/mol. The van der Waals surface area contributed by atoms with Gasteiger partial charge in [0.25, 0.3) is 0 Å². The van der Waals surface area contributed by atoms with Crippen molar-refractivity contribution in [3.63, 3.8) is 0 Å². The van der Waals surface area contributed by atoms with Gasteiger partial charge in [0.05, 0.1) is 16.8 Å². The van der Waals surface area contributed by atoms with E-state index in [1.54, 1.807) is 10.9 Å². The number of aldehydes is 1. The highest BCUT2D eigenvalue weighted by Crippen LogP contribution is 2.18. The Hall–Kier alpha value is -2.49. The normalized spacial score (nSPS) is 10.7. The molecule has 2 heterocycles. The molecule has 88 valence electrons. The van der Waals surface area contributed by atoms with E-state index in [4.69, 9.17) is 0 Å². The van der Waals surface area contributed by atoms with E-state index in [1.165, 1.54) is 0 Å². The number of benzene rings is 1. The Morgan fingerprint density at radius 2 is 2.06 bits per heavy atom. The number of pyridine rings is 1. The number of carbonyl (C=O) groups is 1. The molecule has 0 aliphatic carbocycles. The topological polar surface area (TPSA) is 47.8 Å². The molecule has 2 aromatic heterocycles. The summed E-state index contributed by atoms with van der Waals surface area (Å²) in [7, 11) is 0. The first-order valence-electron chi connectivity index (χ1n) is 5.65. The predicted octanol–water partition coefficient (Wildman–Crippen LogP) is 2.54. The van der Waals surface area contributed by atoms with Crippen LogP contribution in [-0.2, 0) is 0 Å². The fourth-order valence-corrected chi connectivity index (χ4v) is 1.93. The minimum Gasteiger partial charge on any atom is -0.298 e. The maximum Gasteiger partial charge on any atom is 0.164 e. The lowest BCUT2D eigenvalue weighted by molar-refractivity contribution is 0.112. The standard InChI is InChI=1S/C14H11N3O/c1-10-6-7-17(16-10)14-12(9-18)8-11-4-2-3-5-13(11)15-14/h2-9H,1H3. The average Bonchev–Trinajstić information content (AvgIpc) is 2.83. The maximum absolute atomic E-state index is 11.2. The van der Waals surface area contributed by atoms with E-state index in [1.807, 2.05) is 43.3 Å². The van der Waals surface area contributed by atoms with E-state index in [2.05, 4.69) is 10.1 Å². The van der Waals surface area contributed by atoms with E-state index in [0.29, 0.717) is 11.4 Å². The lowest BCUT2D eigenvalue weighted by Gasteiger charge is -2.06. The second kappa shape index (κ2) is 4.07. The molecule has 4 heteroatoms. The van der Waals surface area contributed by atoms with Crippen molar-refractivity contribution in [1.29, 1.82) is 0 Å². The molecule has 3 aromatic rings. The highest BCUT2D eigenvalue weighted by Gasteiger charge is 2.08. The fraction of sp³-hybridized carbons (Fsp3) is 0.0714. The molecule has 0 bridgehead atoms. The molecule has 0 saturated heterocycles. The number of para-hydroxylation sites is 1. The van der Waals surface area contributed by atoms with Gasteiger partial charge >= 0.3 is 0 Å². The minimum atomic E-state index is 0.539. The van der Waals surface area contributed by atoms with Crippen LogP contribution in [0, 0.1) is 6.92 Å². The van der Waals surface area contributed by atoms with Gasteiger partial charge in [0.2, 0.25) is 0 Å². The van der Waals surface area contributed by atoms with Crippen LogP contribution in [0.4, 0.5) is 0 Å². The summed E-state index contributed by atoms with van der Waals surface area (Å²) >= 11 is 0. The summed E-state index contributed by atoms with van der Waals surface area (Å²) in [6.07, 6.45) is 2.62. The lowest BCUT2D eigenvalue weighted by atomic mass is 10.1. The number of aromatic nitrogens is 3. The zero-order chi connectivity index (χ0) is 12.5. The van der Waals surface area contributed by atoms with Crippen molar-refractivity contribution in [2.24, 2.45) is 0 Å². The van der Waals surface area contributed by atoms with Gasteiger partial charge in [0, 0.05) is 11.6 Å². The Balaban J connectivity index is 2.30. The molecule has 0 unspecified atom stereocenters. The van der Waals surface area contributed by atoms with Gasteiger partial charge in [-0.15, -0.1) is 0 Å². The molecule has 4 nitrogen and oxygen atoms in total. The van der Waals surface area contributed by atoms with E-state index in [9.17, 15) is 4.79 Å². The van der Waals surface area contributed by atoms with E-state index >= 15 is 0 Å². The van der Waals surface area contributed by atoms with Gasteiger partial charge in [-0.1, -0.05) is 18.2 Å². The highest BCUT2D eigenvalue weighted by atomic mass is 16.1. The van der Waals surface area contributed by atoms with Crippen LogP contribution in [0.25, 0.3) is 16.7 Å². The van der Waals surface area contributed by atoms with Crippen molar-refractivity contribution in [1.82, 2.24) is 14.8 Å². The Labute approximate surface area is 104 Å². The largest absolute Gasteiger partial charge is 0.298 e. The Kier molecular flexibility index (Phi) is 2.41. The third kappa shape index (κ3) is 1.68. The van der Waals surface area contributed by atoms with Gasteiger partial charge in [0.1, 0.15) is 0 Å². The molecular formula is C14H11N3O. The molecule has 0 fully saturated rings. The van der Waals surface area contributed by atoms with Crippen molar-refractivity contribution < 1.29 is 4.79 Å². The number of nitrogens with zero attached hydrogens (tertiary/aromatic N) is 3. The van der Waals surface area contributed by atoms with Crippen molar-refractivity contribution in [2.75, 3.05) is 0 Å².